The number of halogens is 1. The third-order valence-electron chi connectivity index (χ3n) is 2.81. The molecule has 6 nitrogen and oxygen atoms in total. The van der Waals surface area contributed by atoms with Gasteiger partial charge in [-0.3, -0.25) is 0 Å². The van der Waals surface area contributed by atoms with Crippen molar-refractivity contribution in [2.45, 2.75) is 24.8 Å². The van der Waals surface area contributed by atoms with Crippen LogP contribution in [0.25, 0.3) is 0 Å². The molecule has 0 bridgehead atoms. The molecule has 0 aliphatic carbocycles. The van der Waals surface area contributed by atoms with Gasteiger partial charge in [0.2, 0.25) is 0 Å². The van der Waals surface area contributed by atoms with Crippen molar-refractivity contribution in [1.82, 2.24) is 5.32 Å². The van der Waals surface area contributed by atoms with Gasteiger partial charge in [-0.25, -0.2) is 13.2 Å². The lowest BCUT2D eigenvalue weighted by atomic mass is 10.1. The highest BCUT2D eigenvalue weighted by Gasteiger charge is 2.25. The first-order valence-corrected chi connectivity index (χ1v) is 8.21. The maximum Gasteiger partial charge on any atom is 0.407 e. The Hall–Kier alpha value is -1.47. The summed E-state index contributed by atoms with van der Waals surface area (Å²) >= 11 is 0. The summed E-state index contributed by atoms with van der Waals surface area (Å²) < 4.78 is 33.6. The predicted molar refractivity (Wildman–Crippen MR) is 72.7 cm³/mol. The van der Waals surface area contributed by atoms with E-state index >= 15 is 0 Å². The van der Waals surface area contributed by atoms with Crippen molar-refractivity contribution in [3.63, 3.8) is 0 Å². The molecule has 0 saturated carbocycles. The van der Waals surface area contributed by atoms with E-state index in [-0.39, 0.29) is 17.3 Å². The van der Waals surface area contributed by atoms with Gasteiger partial charge in [-0.2, -0.15) is 0 Å². The summed E-state index contributed by atoms with van der Waals surface area (Å²) in [5, 5.41) is 2.49. The summed E-state index contributed by atoms with van der Waals surface area (Å²) in [6.45, 7) is 3.88. The minimum Gasteiger partial charge on any atom is -0.488 e. The molecule has 2 rings (SSSR count). The first-order chi connectivity index (χ1) is 9.27. The minimum atomic E-state index is -3.91. The van der Waals surface area contributed by atoms with E-state index in [9.17, 15) is 13.2 Å². The Kier molecular flexibility index (Phi) is 4.10. The van der Waals surface area contributed by atoms with Crippen LogP contribution in [-0.4, -0.2) is 33.8 Å². The Morgan fingerprint density at radius 1 is 1.45 bits per heavy atom. The quantitative estimate of drug-likeness (QED) is 0.854. The Balaban J connectivity index is 2.24. The minimum absolute atomic E-state index is 0.0576. The second-order valence-corrected chi connectivity index (χ2v) is 7.10. The fourth-order valence-electron chi connectivity index (χ4n) is 1.98. The Morgan fingerprint density at radius 3 is 2.70 bits per heavy atom. The number of hydrogen-bond donors (Lipinski definition) is 1. The summed E-state index contributed by atoms with van der Waals surface area (Å²) in [5.41, 5.74) is 1.42. The van der Waals surface area contributed by atoms with Crippen molar-refractivity contribution >= 4 is 25.8 Å². The van der Waals surface area contributed by atoms with E-state index in [0.717, 1.165) is 5.56 Å². The van der Waals surface area contributed by atoms with Crippen LogP contribution in [0.5, 0.6) is 5.75 Å². The zero-order valence-electron chi connectivity index (χ0n) is 11.0. The van der Waals surface area contributed by atoms with Crippen LogP contribution in [0.2, 0.25) is 0 Å². The number of cyclic esters (lactones) is 1. The SMILES string of the molecule is Cc1cc(C)c(OCC2CNC(=O)O2)c(S(=O)(=O)Cl)c1. The highest BCUT2D eigenvalue weighted by atomic mass is 35.7. The molecule has 1 atom stereocenters. The Morgan fingerprint density at radius 2 is 2.15 bits per heavy atom. The van der Waals surface area contributed by atoms with Gasteiger partial charge in [0.15, 0.2) is 6.10 Å². The van der Waals surface area contributed by atoms with Crippen LogP contribution in [-0.2, 0) is 13.8 Å². The second kappa shape index (κ2) is 5.49. The molecular formula is C12H14ClNO5S. The molecule has 1 fully saturated rings. The fraction of sp³-hybridized carbons (Fsp3) is 0.417. The molecule has 20 heavy (non-hydrogen) atoms. The van der Waals surface area contributed by atoms with Crippen LogP contribution >= 0.6 is 10.7 Å². The lowest BCUT2D eigenvalue weighted by Gasteiger charge is -2.15. The van der Waals surface area contributed by atoms with Gasteiger partial charge in [0, 0.05) is 10.7 Å². The van der Waals surface area contributed by atoms with E-state index in [1.807, 2.05) is 0 Å². The number of benzene rings is 1. The third kappa shape index (κ3) is 3.34. The van der Waals surface area contributed by atoms with Crippen LogP contribution < -0.4 is 10.1 Å². The standard InChI is InChI=1S/C12H14ClNO5S/c1-7-3-8(2)11(10(4-7)20(13,16)17)18-6-9-5-14-12(15)19-9/h3-4,9H,5-6H2,1-2H3,(H,14,15). The van der Waals surface area contributed by atoms with Crippen molar-refractivity contribution in [2.24, 2.45) is 0 Å². The highest BCUT2D eigenvalue weighted by molar-refractivity contribution is 8.13. The van der Waals surface area contributed by atoms with Crippen LogP contribution in [0.1, 0.15) is 11.1 Å². The zero-order valence-corrected chi connectivity index (χ0v) is 12.5. The molecule has 1 amide bonds. The largest absolute Gasteiger partial charge is 0.488 e. The van der Waals surface area contributed by atoms with Crippen molar-refractivity contribution in [2.75, 3.05) is 13.2 Å². The molecular weight excluding hydrogens is 306 g/mol. The smallest absolute Gasteiger partial charge is 0.407 e. The molecule has 8 heteroatoms. The number of carbonyl (C=O) groups excluding carboxylic acids is 1. The lowest BCUT2D eigenvalue weighted by molar-refractivity contribution is 0.103. The van der Waals surface area contributed by atoms with Gasteiger partial charge in [0.25, 0.3) is 9.05 Å². The van der Waals surface area contributed by atoms with Gasteiger partial charge in [0.05, 0.1) is 6.54 Å². The molecule has 0 aromatic heterocycles. The highest BCUT2D eigenvalue weighted by Crippen LogP contribution is 2.32. The molecule has 0 spiro atoms. The molecule has 1 N–H and O–H groups in total. The molecule has 1 aromatic rings. The Bertz CT molecular complexity index is 643. The number of aryl methyl sites for hydroxylation is 2. The summed E-state index contributed by atoms with van der Waals surface area (Å²) in [6.07, 6.45) is -0.960. The number of alkyl carbamates (subject to hydrolysis) is 1. The number of amides is 1. The van der Waals surface area contributed by atoms with E-state index in [2.05, 4.69) is 5.32 Å². The van der Waals surface area contributed by atoms with E-state index in [0.29, 0.717) is 12.1 Å². The van der Waals surface area contributed by atoms with E-state index < -0.39 is 21.2 Å². The summed E-state index contributed by atoms with van der Waals surface area (Å²) in [6, 6.07) is 3.24. The molecule has 1 aliphatic rings. The Labute approximate surface area is 121 Å². The lowest BCUT2D eigenvalue weighted by Crippen LogP contribution is -2.22. The first-order valence-electron chi connectivity index (χ1n) is 5.90. The average Bonchev–Trinajstić information content (AvgIpc) is 2.72. The summed E-state index contributed by atoms with van der Waals surface area (Å²) in [5.74, 6) is 0.188. The summed E-state index contributed by atoms with van der Waals surface area (Å²) in [4.78, 5) is 10.8. The van der Waals surface area contributed by atoms with Crippen molar-refractivity contribution in [3.8, 4) is 5.75 Å². The van der Waals surface area contributed by atoms with Crippen LogP contribution in [0.15, 0.2) is 17.0 Å². The normalized spacial score (nSPS) is 18.6. The van der Waals surface area contributed by atoms with Gasteiger partial charge < -0.3 is 14.8 Å². The van der Waals surface area contributed by atoms with Crippen LogP contribution in [0.4, 0.5) is 4.79 Å². The maximum atomic E-state index is 11.6. The number of carbonyl (C=O) groups is 1. The van der Waals surface area contributed by atoms with Crippen LogP contribution in [0.3, 0.4) is 0 Å². The molecule has 1 aromatic carbocycles. The second-order valence-electron chi connectivity index (χ2n) is 4.57. The first kappa shape index (κ1) is 14.9. The van der Waals surface area contributed by atoms with Gasteiger partial charge in [-0.05, 0) is 31.0 Å². The number of ether oxygens (including phenoxy) is 2. The number of nitrogens with one attached hydrogen (secondary N) is 1. The zero-order chi connectivity index (χ0) is 14.9. The van der Waals surface area contributed by atoms with Gasteiger partial charge >= 0.3 is 6.09 Å². The molecule has 1 heterocycles. The van der Waals surface area contributed by atoms with E-state index in [1.165, 1.54) is 6.07 Å². The molecule has 0 radical (unpaired) electrons. The number of rotatable bonds is 4. The van der Waals surface area contributed by atoms with Gasteiger partial charge in [-0.1, -0.05) is 6.07 Å². The maximum absolute atomic E-state index is 11.6. The van der Waals surface area contributed by atoms with Crippen molar-refractivity contribution in [1.29, 1.82) is 0 Å². The molecule has 1 unspecified atom stereocenters. The van der Waals surface area contributed by atoms with E-state index in [1.54, 1.807) is 19.9 Å². The van der Waals surface area contributed by atoms with E-state index in [4.69, 9.17) is 20.2 Å². The predicted octanol–water partition coefficient (Wildman–Crippen LogP) is 1.72. The average molecular weight is 320 g/mol. The van der Waals surface area contributed by atoms with Crippen LogP contribution in [0, 0.1) is 13.8 Å². The van der Waals surface area contributed by atoms with Crippen molar-refractivity contribution in [3.05, 3.63) is 23.3 Å². The molecule has 110 valence electrons. The molecule has 1 saturated heterocycles. The summed E-state index contributed by atoms with van der Waals surface area (Å²) in [7, 11) is 1.51. The van der Waals surface area contributed by atoms with Gasteiger partial charge in [-0.15, -0.1) is 0 Å². The van der Waals surface area contributed by atoms with Crippen molar-refractivity contribution < 1.29 is 22.7 Å². The third-order valence-corrected chi connectivity index (χ3v) is 4.14. The molecule has 1 aliphatic heterocycles. The monoisotopic (exact) mass is 319 g/mol. The number of hydrogen-bond acceptors (Lipinski definition) is 5. The fourth-order valence-corrected chi connectivity index (χ4v) is 3.09. The van der Waals surface area contributed by atoms with Gasteiger partial charge in [0.1, 0.15) is 17.3 Å². The topological polar surface area (TPSA) is 81.7 Å².